The van der Waals surface area contributed by atoms with Crippen molar-refractivity contribution in [3.8, 4) is 0 Å². The van der Waals surface area contributed by atoms with Gasteiger partial charge >= 0.3 is 0 Å². The number of ketones is 1. The van der Waals surface area contributed by atoms with Crippen molar-refractivity contribution in [2.24, 2.45) is 11.8 Å². The van der Waals surface area contributed by atoms with E-state index >= 15 is 0 Å². The van der Waals surface area contributed by atoms with Gasteiger partial charge in [-0.05, 0) is 18.3 Å². The SMILES string of the molecule is CC1CC(=O)C(O)(C(C)C)C(O)C1. The van der Waals surface area contributed by atoms with E-state index in [1.807, 2.05) is 6.92 Å². The van der Waals surface area contributed by atoms with Gasteiger partial charge in [0.05, 0.1) is 6.10 Å². The number of hydrogen-bond donors (Lipinski definition) is 2. The summed E-state index contributed by atoms with van der Waals surface area (Å²) in [7, 11) is 0. The van der Waals surface area contributed by atoms with Gasteiger partial charge in [-0.15, -0.1) is 0 Å². The average Bonchev–Trinajstić information content (AvgIpc) is 1.99. The van der Waals surface area contributed by atoms with Crippen molar-refractivity contribution >= 4 is 5.78 Å². The maximum atomic E-state index is 11.6. The molecule has 1 fully saturated rings. The molecule has 0 amide bonds. The minimum atomic E-state index is -1.51. The van der Waals surface area contributed by atoms with Crippen molar-refractivity contribution in [1.82, 2.24) is 0 Å². The highest BCUT2D eigenvalue weighted by atomic mass is 16.4. The molecule has 0 aliphatic heterocycles. The fraction of sp³-hybridized carbons (Fsp3) is 0.900. The Labute approximate surface area is 78.8 Å². The second-order valence-corrected chi connectivity index (χ2v) is 4.46. The Morgan fingerprint density at radius 3 is 2.46 bits per heavy atom. The maximum absolute atomic E-state index is 11.6. The minimum absolute atomic E-state index is 0.182. The van der Waals surface area contributed by atoms with Gasteiger partial charge in [-0.25, -0.2) is 0 Å². The summed E-state index contributed by atoms with van der Waals surface area (Å²) in [5.74, 6) is -0.252. The molecule has 3 nitrogen and oxygen atoms in total. The van der Waals surface area contributed by atoms with E-state index in [0.717, 1.165) is 0 Å². The van der Waals surface area contributed by atoms with E-state index in [-0.39, 0.29) is 17.6 Å². The molecule has 76 valence electrons. The molecule has 3 heteroatoms. The molecule has 0 saturated heterocycles. The van der Waals surface area contributed by atoms with Crippen LogP contribution >= 0.6 is 0 Å². The van der Waals surface area contributed by atoms with Crippen LogP contribution in [0, 0.1) is 11.8 Å². The topological polar surface area (TPSA) is 57.5 Å². The van der Waals surface area contributed by atoms with Crippen LogP contribution in [0.3, 0.4) is 0 Å². The number of aliphatic hydroxyl groups excluding tert-OH is 1. The molecule has 0 bridgehead atoms. The first-order valence-electron chi connectivity index (χ1n) is 4.82. The van der Waals surface area contributed by atoms with Gasteiger partial charge in [-0.2, -0.15) is 0 Å². The predicted octanol–water partition coefficient (Wildman–Crippen LogP) is 0.733. The first kappa shape index (κ1) is 10.7. The number of Topliss-reactive ketones (excluding diaryl/α,β-unsaturated/α-hetero) is 1. The summed E-state index contributed by atoms with van der Waals surface area (Å²) in [5.41, 5.74) is -1.51. The lowest BCUT2D eigenvalue weighted by atomic mass is 9.71. The Balaban J connectivity index is 2.89. The van der Waals surface area contributed by atoms with Gasteiger partial charge < -0.3 is 10.2 Å². The van der Waals surface area contributed by atoms with Crippen LogP contribution in [-0.2, 0) is 4.79 Å². The van der Waals surface area contributed by atoms with Crippen LogP contribution in [0.1, 0.15) is 33.6 Å². The monoisotopic (exact) mass is 186 g/mol. The van der Waals surface area contributed by atoms with Crippen LogP contribution in [0.2, 0.25) is 0 Å². The average molecular weight is 186 g/mol. The molecule has 0 heterocycles. The van der Waals surface area contributed by atoms with Gasteiger partial charge in [0.25, 0.3) is 0 Å². The van der Waals surface area contributed by atoms with Gasteiger partial charge in [0, 0.05) is 6.42 Å². The van der Waals surface area contributed by atoms with Crippen molar-refractivity contribution < 1.29 is 15.0 Å². The quantitative estimate of drug-likeness (QED) is 0.635. The summed E-state index contributed by atoms with van der Waals surface area (Å²) in [5, 5.41) is 19.7. The molecule has 1 rings (SSSR count). The molecule has 1 saturated carbocycles. The summed E-state index contributed by atoms with van der Waals surface area (Å²) in [6.07, 6.45) is -0.00431. The molecule has 3 atom stereocenters. The van der Waals surface area contributed by atoms with E-state index in [9.17, 15) is 15.0 Å². The Kier molecular flexibility index (Phi) is 2.78. The van der Waals surface area contributed by atoms with Crippen molar-refractivity contribution in [3.05, 3.63) is 0 Å². The highest BCUT2D eigenvalue weighted by Crippen LogP contribution is 2.34. The number of carbonyl (C=O) groups is 1. The first-order chi connectivity index (χ1) is 5.89. The van der Waals surface area contributed by atoms with Crippen molar-refractivity contribution in [3.63, 3.8) is 0 Å². The predicted molar refractivity (Wildman–Crippen MR) is 49.2 cm³/mol. The minimum Gasteiger partial charge on any atom is -0.390 e. The summed E-state index contributed by atoms with van der Waals surface area (Å²) in [6.45, 7) is 5.44. The fourth-order valence-corrected chi connectivity index (χ4v) is 2.02. The van der Waals surface area contributed by atoms with E-state index in [2.05, 4.69) is 0 Å². The molecule has 1 aliphatic rings. The largest absolute Gasteiger partial charge is 0.390 e. The zero-order valence-corrected chi connectivity index (χ0v) is 8.45. The lowest BCUT2D eigenvalue weighted by molar-refractivity contribution is -0.169. The highest BCUT2D eigenvalue weighted by Gasteiger charge is 2.49. The lowest BCUT2D eigenvalue weighted by Gasteiger charge is -2.40. The second-order valence-electron chi connectivity index (χ2n) is 4.46. The Morgan fingerprint density at radius 1 is 1.54 bits per heavy atom. The van der Waals surface area contributed by atoms with Gasteiger partial charge in [0.2, 0.25) is 0 Å². The lowest BCUT2D eigenvalue weighted by Crippen LogP contribution is -2.57. The fourth-order valence-electron chi connectivity index (χ4n) is 2.02. The zero-order valence-electron chi connectivity index (χ0n) is 8.45. The molecule has 13 heavy (non-hydrogen) atoms. The van der Waals surface area contributed by atoms with Gasteiger partial charge in [0.15, 0.2) is 11.4 Å². The zero-order chi connectivity index (χ0) is 10.2. The molecule has 0 spiro atoms. The maximum Gasteiger partial charge on any atom is 0.167 e. The molecular formula is C10H18O3. The van der Waals surface area contributed by atoms with Crippen molar-refractivity contribution in [2.45, 2.75) is 45.3 Å². The standard InChI is InChI=1S/C10H18O3/c1-6(2)10(13)8(11)4-7(3)5-9(10)12/h6-8,11,13H,4-5H2,1-3H3. The van der Waals surface area contributed by atoms with Crippen molar-refractivity contribution in [1.29, 1.82) is 0 Å². The summed E-state index contributed by atoms with van der Waals surface area (Å²) < 4.78 is 0. The van der Waals surface area contributed by atoms with Crippen LogP contribution in [0.25, 0.3) is 0 Å². The highest BCUT2D eigenvalue weighted by molar-refractivity contribution is 5.89. The Morgan fingerprint density at radius 2 is 2.08 bits per heavy atom. The van der Waals surface area contributed by atoms with E-state index in [1.165, 1.54) is 0 Å². The molecular weight excluding hydrogens is 168 g/mol. The first-order valence-corrected chi connectivity index (χ1v) is 4.82. The number of aliphatic hydroxyl groups is 2. The van der Waals surface area contributed by atoms with E-state index in [0.29, 0.717) is 12.8 Å². The second kappa shape index (κ2) is 3.39. The number of carbonyl (C=O) groups excluding carboxylic acids is 1. The van der Waals surface area contributed by atoms with E-state index < -0.39 is 11.7 Å². The molecule has 2 N–H and O–H groups in total. The third-order valence-corrected chi connectivity index (χ3v) is 2.99. The molecule has 0 aromatic heterocycles. The van der Waals surface area contributed by atoms with E-state index in [4.69, 9.17) is 0 Å². The van der Waals surface area contributed by atoms with Crippen LogP contribution in [-0.4, -0.2) is 27.7 Å². The molecule has 0 radical (unpaired) electrons. The third-order valence-electron chi connectivity index (χ3n) is 2.99. The Bertz CT molecular complexity index is 212. The summed E-state index contributed by atoms with van der Waals surface area (Å²) in [4.78, 5) is 11.6. The summed E-state index contributed by atoms with van der Waals surface area (Å²) in [6, 6.07) is 0. The third kappa shape index (κ3) is 1.63. The number of rotatable bonds is 1. The van der Waals surface area contributed by atoms with Crippen molar-refractivity contribution in [2.75, 3.05) is 0 Å². The van der Waals surface area contributed by atoms with Gasteiger partial charge in [0.1, 0.15) is 0 Å². The normalized spacial score (nSPS) is 41.2. The van der Waals surface area contributed by atoms with Crippen LogP contribution in [0.4, 0.5) is 0 Å². The van der Waals surface area contributed by atoms with Gasteiger partial charge in [-0.3, -0.25) is 4.79 Å². The van der Waals surface area contributed by atoms with Crippen LogP contribution in [0.15, 0.2) is 0 Å². The molecule has 0 aromatic carbocycles. The Hall–Kier alpha value is -0.410. The summed E-state index contributed by atoms with van der Waals surface area (Å²) >= 11 is 0. The number of hydrogen-bond acceptors (Lipinski definition) is 3. The van der Waals surface area contributed by atoms with Crippen LogP contribution < -0.4 is 0 Å². The smallest absolute Gasteiger partial charge is 0.167 e. The molecule has 3 unspecified atom stereocenters. The molecule has 0 aromatic rings. The van der Waals surface area contributed by atoms with Gasteiger partial charge in [-0.1, -0.05) is 20.8 Å². The molecule has 1 aliphatic carbocycles. The van der Waals surface area contributed by atoms with Crippen LogP contribution in [0.5, 0.6) is 0 Å². The van der Waals surface area contributed by atoms with E-state index in [1.54, 1.807) is 13.8 Å².